The predicted octanol–water partition coefficient (Wildman–Crippen LogP) is 1.97. The Morgan fingerprint density at radius 2 is 2.21 bits per heavy atom. The van der Waals surface area contributed by atoms with Crippen molar-refractivity contribution in [3.8, 4) is 0 Å². The number of ether oxygens (including phenoxy) is 1. The molecule has 4 heteroatoms. The largest absolute Gasteiger partial charge is 0.373 e. The number of morpholine rings is 1. The highest BCUT2D eigenvalue weighted by atomic mass is 16.5. The van der Waals surface area contributed by atoms with Gasteiger partial charge in [-0.1, -0.05) is 13.8 Å². The van der Waals surface area contributed by atoms with E-state index in [0.717, 1.165) is 31.9 Å². The van der Waals surface area contributed by atoms with Crippen LogP contribution in [0.4, 0.5) is 5.69 Å². The fraction of sp³-hybridized carbons (Fsp3) is 0.667. The van der Waals surface area contributed by atoms with Gasteiger partial charge in [-0.15, -0.1) is 0 Å². The number of hydrogen-bond donors (Lipinski definition) is 0. The molecule has 19 heavy (non-hydrogen) atoms. The highest BCUT2D eigenvalue weighted by molar-refractivity contribution is 5.45. The van der Waals surface area contributed by atoms with Crippen molar-refractivity contribution in [2.24, 2.45) is 0 Å². The molecule has 1 aliphatic heterocycles. The van der Waals surface area contributed by atoms with Gasteiger partial charge in [-0.3, -0.25) is 4.98 Å². The number of rotatable bonds is 4. The van der Waals surface area contributed by atoms with Gasteiger partial charge in [0.25, 0.3) is 0 Å². The Balaban J connectivity index is 2.00. The zero-order valence-electron chi connectivity index (χ0n) is 12.5. The summed E-state index contributed by atoms with van der Waals surface area (Å²) in [7, 11) is 4.17. The lowest BCUT2D eigenvalue weighted by Crippen LogP contribution is -2.46. The van der Waals surface area contributed by atoms with Gasteiger partial charge in [-0.2, -0.15) is 0 Å². The van der Waals surface area contributed by atoms with Gasteiger partial charge in [0.2, 0.25) is 0 Å². The van der Waals surface area contributed by atoms with Gasteiger partial charge in [0.15, 0.2) is 0 Å². The minimum atomic E-state index is 0.286. The number of nitrogens with zero attached hydrogens (tertiary/aromatic N) is 3. The second-order valence-electron chi connectivity index (χ2n) is 5.80. The predicted molar refractivity (Wildman–Crippen MR) is 78.8 cm³/mol. The first-order valence-corrected chi connectivity index (χ1v) is 7.03. The number of hydrogen-bond acceptors (Lipinski definition) is 4. The Morgan fingerprint density at radius 1 is 1.42 bits per heavy atom. The Bertz CT molecular complexity index is 389. The number of aromatic nitrogens is 1. The number of anilines is 1. The average Bonchev–Trinajstić information content (AvgIpc) is 2.38. The molecular formula is C15H25N3O. The molecule has 1 saturated heterocycles. The number of likely N-dealkylation sites (N-methyl/N-ethyl adjacent to an activating group) is 1. The van der Waals surface area contributed by atoms with Gasteiger partial charge in [0, 0.05) is 25.3 Å². The summed E-state index contributed by atoms with van der Waals surface area (Å²) in [6, 6.07) is 4.32. The zero-order chi connectivity index (χ0) is 13.8. The van der Waals surface area contributed by atoms with Crippen LogP contribution in [0, 0.1) is 0 Å². The van der Waals surface area contributed by atoms with E-state index in [4.69, 9.17) is 4.74 Å². The van der Waals surface area contributed by atoms with Crippen molar-refractivity contribution >= 4 is 5.69 Å². The molecule has 4 nitrogen and oxygen atoms in total. The molecular weight excluding hydrogens is 238 g/mol. The van der Waals surface area contributed by atoms with Gasteiger partial charge in [-0.05, 0) is 32.1 Å². The fourth-order valence-corrected chi connectivity index (χ4v) is 2.40. The molecule has 0 N–H and O–H groups in total. The van der Waals surface area contributed by atoms with Gasteiger partial charge in [-0.25, -0.2) is 0 Å². The van der Waals surface area contributed by atoms with E-state index in [1.165, 1.54) is 5.69 Å². The third-order valence-corrected chi connectivity index (χ3v) is 3.43. The minimum Gasteiger partial charge on any atom is -0.373 e. The number of pyridine rings is 1. The molecule has 1 aliphatic rings. The SMILES string of the molecule is CC(C)c1ccc(N2CCO[C@@H](CN(C)C)C2)cn1. The van der Waals surface area contributed by atoms with E-state index in [1.54, 1.807) is 0 Å². The lowest BCUT2D eigenvalue weighted by Gasteiger charge is -2.35. The molecule has 0 unspecified atom stereocenters. The first kappa shape index (κ1) is 14.3. The molecule has 106 valence electrons. The molecule has 0 aromatic carbocycles. The maximum Gasteiger partial charge on any atom is 0.0877 e. The summed E-state index contributed by atoms with van der Waals surface area (Å²) in [6.45, 7) is 8.00. The van der Waals surface area contributed by atoms with Crippen molar-refractivity contribution in [2.45, 2.75) is 25.9 Å². The first-order valence-electron chi connectivity index (χ1n) is 7.03. The van der Waals surface area contributed by atoms with Crippen LogP contribution in [-0.4, -0.2) is 56.3 Å². The summed E-state index contributed by atoms with van der Waals surface area (Å²) in [5.74, 6) is 0.486. The van der Waals surface area contributed by atoms with Crippen molar-refractivity contribution in [2.75, 3.05) is 45.2 Å². The normalized spacial score (nSPS) is 20.3. The van der Waals surface area contributed by atoms with Crippen LogP contribution in [0.2, 0.25) is 0 Å². The topological polar surface area (TPSA) is 28.6 Å². The van der Waals surface area contributed by atoms with Crippen LogP contribution >= 0.6 is 0 Å². The van der Waals surface area contributed by atoms with E-state index in [0.29, 0.717) is 5.92 Å². The van der Waals surface area contributed by atoms with Crippen LogP contribution in [0.15, 0.2) is 18.3 Å². The molecule has 1 atom stereocenters. The molecule has 0 spiro atoms. The van der Waals surface area contributed by atoms with Crippen LogP contribution in [-0.2, 0) is 4.74 Å². The Labute approximate surface area is 116 Å². The molecule has 2 heterocycles. The lowest BCUT2D eigenvalue weighted by molar-refractivity contribution is 0.0247. The van der Waals surface area contributed by atoms with Crippen LogP contribution in [0.3, 0.4) is 0 Å². The highest BCUT2D eigenvalue weighted by Gasteiger charge is 2.21. The molecule has 2 rings (SSSR count). The van der Waals surface area contributed by atoms with E-state index >= 15 is 0 Å². The molecule has 0 saturated carbocycles. The average molecular weight is 263 g/mol. The maximum atomic E-state index is 5.80. The standard InChI is InChI=1S/C15H25N3O/c1-12(2)15-6-5-13(9-16-15)18-7-8-19-14(11-18)10-17(3)4/h5-6,9,12,14H,7-8,10-11H2,1-4H3/t14-/m0/s1. The molecule has 1 aromatic rings. The molecule has 1 aromatic heterocycles. The molecule has 0 aliphatic carbocycles. The van der Waals surface area contributed by atoms with Gasteiger partial charge in [0.05, 0.1) is 24.6 Å². The van der Waals surface area contributed by atoms with E-state index in [2.05, 4.69) is 54.9 Å². The van der Waals surface area contributed by atoms with Crippen LogP contribution in [0.1, 0.15) is 25.5 Å². The van der Waals surface area contributed by atoms with Gasteiger partial charge in [0.1, 0.15) is 0 Å². The van der Waals surface area contributed by atoms with E-state index in [9.17, 15) is 0 Å². The monoisotopic (exact) mass is 263 g/mol. The fourth-order valence-electron chi connectivity index (χ4n) is 2.40. The Morgan fingerprint density at radius 3 is 2.79 bits per heavy atom. The van der Waals surface area contributed by atoms with Crippen molar-refractivity contribution in [3.05, 3.63) is 24.0 Å². The summed E-state index contributed by atoms with van der Waals surface area (Å²) in [6.07, 6.45) is 2.28. The summed E-state index contributed by atoms with van der Waals surface area (Å²) in [5.41, 5.74) is 2.36. The summed E-state index contributed by atoms with van der Waals surface area (Å²) in [4.78, 5) is 9.09. The Kier molecular flexibility index (Phi) is 4.77. The highest BCUT2D eigenvalue weighted by Crippen LogP contribution is 2.19. The smallest absolute Gasteiger partial charge is 0.0877 e. The maximum absolute atomic E-state index is 5.80. The Hall–Kier alpha value is -1.13. The van der Waals surface area contributed by atoms with Crippen LogP contribution < -0.4 is 4.90 Å². The van der Waals surface area contributed by atoms with E-state index < -0.39 is 0 Å². The minimum absolute atomic E-state index is 0.286. The summed E-state index contributed by atoms with van der Waals surface area (Å²) < 4.78 is 5.80. The first-order chi connectivity index (χ1) is 9.06. The van der Waals surface area contributed by atoms with Crippen LogP contribution in [0.5, 0.6) is 0 Å². The van der Waals surface area contributed by atoms with Crippen molar-refractivity contribution in [1.29, 1.82) is 0 Å². The summed E-state index contributed by atoms with van der Waals surface area (Å²) in [5, 5.41) is 0. The van der Waals surface area contributed by atoms with E-state index in [1.807, 2.05) is 6.20 Å². The molecule has 0 radical (unpaired) electrons. The molecule has 0 bridgehead atoms. The molecule has 0 amide bonds. The lowest BCUT2D eigenvalue weighted by atomic mass is 10.1. The van der Waals surface area contributed by atoms with Crippen molar-refractivity contribution < 1.29 is 4.74 Å². The van der Waals surface area contributed by atoms with E-state index in [-0.39, 0.29) is 6.10 Å². The summed E-state index contributed by atoms with van der Waals surface area (Å²) >= 11 is 0. The van der Waals surface area contributed by atoms with Crippen LogP contribution in [0.25, 0.3) is 0 Å². The third kappa shape index (κ3) is 3.91. The second-order valence-corrected chi connectivity index (χ2v) is 5.80. The van der Waals surface area contributed by atoms with Gasteiger partial charge < -0.3 is 14.5 Å². The molecule has 1 fully saturated rings. The second kappa shape index (κ2) is 6.35. The zero-order valence-corrected chi connectivity index (χ0v) is 12.5. The van der Waals surface area contributed by atoms with Gasteiger partial charge >= 0.3 is 0 Å². The quantitative estimate of drug-likeness (QED) is 0.830. The van der Waals surface area contributed by atoms with Crippen molar-refractivity contribution in [1.82, 2.24) is 9.88 Å². The third-order valence-electron chi connectivity index (χ3n) is 3.43. The van der Waals surface area contributed by atoms with Crippen molar-refractivity contribution in [3.63, 3.8) is 0 Å².